The summed E-state index contributed by atoms with van der Waals surface area (Å²) in [6.45, 7) is 5.17. The molecule has 1 aromatic carbocycles. The van der Waals surface area contributed by atoms with Crippen LogP contribution in [-0.2, 0) is 20.7 Å². The molecule has 1 rings (SSSR count). The molecule has 0 aliphatic rings. The van der Waals surface area contributed by atoms with Gasteiger partial charge in [-0.3, -0.25) is 4.79 Å². The molecule has 8 heteroatoms. The van der Waals surface area contributed by atoms with Crippen LogP contribution in [0.1, 0.15) is 5.56 Å². The van der Waals surface area contributed by atoms with Gasteiger partial charge in [-0.15, -0.1) is 0 Å². The summed E-state index contributed by atoms with van der Waals surface area (Å²) in [7, 11) is 0. The number of amides is 1. The first-order valence-electron chi connectivity index (χ1n) is 8.41. The highest BCUT2D eigenvalue weighted by atomic mass is 16.5. The SMILES string of the molecule is C=C(O)C(N)Cc1ccc(OCC(=O)NCCOCCOCCO)cc1. The molecule has 1 amide bonds. The third kappa shape index (κ3) is 10.00. The van der Waals surface area contributed by atoms with Gasteiger partial charge in [-0.05, 0) is 24.1 Å². The van der Waals surface area contributed by atoms with Crippen LogP contribution >= 0.6 is 0 Å². The number of nitrogens with two attached hydrogens (primary N) is 1. The third-order valence-corrected chi connectivity index (χ3v) is 3.35. The predicted molar refractivity (Wildman–Crippen MR) is 97.1 cm³/mol. The molecular weight excluding hydrogens is 340 g/mol. The second-order valence-corrected chi connectivity index (χ2v) is 5.53. The zero-order valence-corrected chi connectivity index (χ0v) is 14.9. The minimum Gasteiger partial charge on any atom is -0.511 e. The quantitative estimate of drug-likeness (QED) is 0.272. The van der Waals surface area contributed by atoms with Crippen molar-refractivity contribution in [1.29, 1.82) is 0 Å². The molecular formula is C18H28N2O6. The number of carbonyl (C=O) groups excluding carboxylic acids is 1. The first-order chi connectivity index (χ1) is 12.5. The summed E-state index contributed by atoms with van der Waals surface area (Å²) in [5.41, 5.74) is 6.66. The summed E-state index contributed by atoms with van der Waals surface area (Å²) in [6.07, 6.45) is 0.473. The molecule has 26 heavy (non-hydrogen) atoms. The zero-order valence-electron chi connectivity index (χ0n) is 14.9. The normalized spacial score (nSPS) is 11.8. The molecule has 0 radical (unpaired) electrons. The number of aliphatic hydroxyl groups is 2. The molecule has 8 nitrogen and oxygen atoms in total. The lowest BCUT2D eigenvalue weighted by Crippen LogP contribution is -2.31. The van der Waals surface area contributed by atoms with E-state index in [9.17, 15) is 9.90 Å². The lowest BCUT2D eigenvalue weighted by atomic mass is 10.1. The standard InChI is InChI=1S/C18H28N2O6/c1-14(22)17(19)12-15-2-4-16(5-3-15)26-13-18(23)20-6-8-24-10-11-25-9-7-21/h2-5,17,21-22H,1,6-13,19H2,(H,20,23). The Balaban J connectivity index is 2.13. The maximum atomic E-state index is 11.7. The van der Waals surface area contributed by atoms with E-state index in [1.807, 2.05) is 12.1 Å². The van der Waals surface area contributed by atoms with Crippen LogP contribution in [-0.4, -0.2) is 68.3 Å². The molecule has 1 aromatic rings. The molecule has 0 heterocycles. The Hall–Kier alpha value is -2.13. The molecule has 0 bridgehead atoms. The van der Waals surface area contributed by atoms with Gasteiger partial charge in [0.25, 0.3) is 5.91 Å². The topological polar surface area (TPSA) is 123 Å². The van der Waals surface area contributed by atoms with E-state index in [-0.39, 0.29) is 24.9 Å². The molecule has 0 fully saturated rings. The number of hydrogen-bond acceptors (Lipinski definition) is 7. The molecule has 0 aromatic heterocycles. The summed E-state index contributed by atoms with van der Waals surface area (Å²) in [5.74, 6) is 0.272. The molecule has 0 saturated heterocycles. The van der Waals surface area contributed by atoms with E-state index in [0.717, 1.165) is 5.56 Å². The average Bonchev–Trinajstić information content (AvgIpc) is 2.63. The van der Waals surface area contributed by atoms with Gasteiger partial charge >= 0.3 is 0 Å². The number of ether oxygens (including phenoxy) is 3. The minimum absolute atomic E-state index is 0.00919. The van der Waals surface area contributed by atoms with E-state index in [2.05, 4.69) is 11.9 Å². The summed E-state index contributed by atoms with van der Waals surface area (Å²) in [4.78, 5) is 11.7. The fourth-order valence-corrected chi connectivity index (χ4v) is 1.94. The van der Waals surface area contributed by atoms with Crippen molar-refractivity contribution in [2.45, 2.75) is 12.5 Å². The van der Waals surface area contributed by atoms with E-state index in [4.69, 9.17) is 25.1 Å². The van der Waals surface area contributed by atoms with Crippen molar-refractivity contribution in [1.82, 2.24) is 5.32 Å². The van der Waals surface area contributed by atoms with Crippen LogP contribution in [0.3, 0.4) is 0 Å². The molecule has 1 atom stereocenters. The molecule has 0 saturated carbocycles. The summed E-state index contributed by atoms with van der Waals surface area (Å²) < 4.78 is 15.7. The predicted octanol–water partition coefficient (Wildman–Crippen LogP) is 0.149. The number of hydrogen-bond donors (Lipinski definition) is 4. The van der Waals surface area contributed by atoms with Crippen LogP contribution in [0.4, 0.5) is 0 Å². The number of carbonyl (C=O) groups is 1. The molecule has 0 aliphatic heterocycles. The Morgan fingerprint density at radius 1 is 1.15 bits per heavy atom. The van der Waals surface area contributed by atoms with Crippen molar-refractivity contribution in [3.63, 3.8) is 0 Å². The smallest absolute Gasteiger partial charge is 0.258 e. The van der Waals surface area contributed by atoms with Crippen LogP contribution in [0.5, 0.6) is 5.75 Å². The monoisotopic (exact) mass is 368 g/mol. The second kappa shape index (κ2) is 13.1. The van der Waals surface area contributed by atoms with Crippen LogP contribution in [0.25, 0.3) is 0 Å². The zero-order chi connectivity index (χ0) is 19.2. The van der Waals surface area contributed by atoms with Gasteiger partial charge in [0.2, 0.25) is 0 Å². The lowest BCUT2D eigenvalue weighted by Gasteiger charge is -2.11. The second-order valence-electron chi connectivity index (χ2n) is 5.53. The van der Waals surface area contributed by atoms with E-state index < -0.39 is 6.04 Å². The van der Waals surface area contributed by atoms with Crippen molar-refractivity contribution in [2.24, 2.45) is 5.73 Å². The highest BCUT2D eigenvalue weighted by molar-refractivity contribution is 5.77. The van der Waals surface area contributed by atoms with Gasteiger partial charge in [0.1, 0.15) is 11.5 Å². The number of nitrogens with one attached hydrogen (secondary N) is 1. The maximum Gasteiger partial charge on any atom is 0.258 e. The molecule has 0 aliphatic carbocycles. The molecule has 1 unspecified atom stereocenters. The summed E-state index contributed by atoms with van der Waals surface area (Å²) in [6, 6.07) is 6.62. The van der Waals surface area contributed by atoms with Gasteiger partial charge in [0.15, 0.2) is 6.61 Å². The third-order valence-electron chi connectivity index (χ3n) is 3.35. The van der Waals surface area contributed by atoms with Crippen molar-refractivity contribution < 1.29 is 29.2 Å². The van der Waals surface area contributed by atoms with Crippen molar-refractivity contribution in [3.8, 4) is 5.75 Å². The fourth-order valence-electron chi connectivity index (χ4n) is 1.94. The number of benzene rings is 1. The van der Waals surface area contributed by atoms with Crippen molar-refractivity contribution in [3.05, 3.63) is 42.2 Å². The molecule has 0 spiro atoms. The van der Waals surface area contributed by atoms with Gasteiger partial charge in [-0.25, -0.2) is 0 Å². The van der Waals surface area contributed by atoms with Gasteiger partial charge in [0.05, 0.1) is 39.1 Å². The van der Waals surface area contributed by atoms with Crippen LogP contribution in [0.15, 0.2) is 36.6 Å². The maximum absolute atomic E-state index is 11.7. The Morgan fingerprint density at radius 3 is 2.42 bits per heavy atom. The highest BCUT2D eigenvalue weighted by Gasteiger charge is 2.07. The summed E-state index contributed by atoms with van der Waals surface area (Å²) in [5, 5.41) is 20.4. The van der Waals surface area contributed by atoms with Gasteiger partial charge in [-0.1, -0.05) is 18.7 Å². The highest BCUT2D eigenvalue weighted by Crippen LogP contribution is 2.14. The number of aliphatic hydroxyl groups excluding tert-OH is 2. The van der Waals surface area contributed by atoms with E-state index >= 15 is 0 Å². The van der Waals surface area contributed by atoms with E-state index in [1.54, 1.807) is 12.1 Å². The molecule has 5 N–H and O–H groups in total. The Kier molecular flexibility index (Phi) is 11.1. The van der Waals surface area contributed by atoms with Crippen LogP contribution in [0.2, 0.25) is 0 Å². The minimum atomic E-state index is -0.504. The van der Waals surface area contributed by atoms with Crippen LogP contribution in [0, 0.1) is 0 Å². The lowest BCUT2D eigenvalue weighted by molar-refractivity contribution is -0.123. The first kappa shape index (κ1) is 21.9. The Morgan fingerprint density at radius 2 is 1.81 bits per heavy atom. The van der Waals surface area contributed by atoms with E-state index in [0.29, 0.717) is 45.1 Å². The van der Waals surface area contributed by atoms with Gasteiger partial charge in [0, 0.05) is 6.54 Å². The largest absolute Gasteiger partial charge is 0.511 e. The average molecular weight is 368 g/mol. The van der Waals surface area contributed by atoms with E-state index in [1.165, 1.54) is 0 Å². The molecule has 146 valence electrons. The van der Waals surface area contributed by atoms with Gasteiger partial charge < -0.3 is 35.5 Å². The van der Waals surface area contributed by atoms with Crippen molar-refractivity contribution >= 4 is 5.91 Å². The number of rotatable bonds is 14. The van der Waals surface area contributed by atoms with Gasteiger partial charge in [-0.2, -0.15) is 0 Å². The summed E-state index contributed by atoms with van der Waals surface area (Å²) >= 11 is 0. The fraction of sp³-hybridized carbons (Fsp3) is 0.500. The first-order valence-corrected chi connectivity index (χ1v) is 8.41. The van der Waals surface area contributed by atoms with Crippen LogP contribution < -0.4 is 15.8 Å². The van der Waals surface area contributed by atoms with Crippen molar-refractivity contribution in [2.75, 3.05) is 46.2 Å². The Bertz CT molecular complexity index is 535. The Labute approximate surface area is 153 Å².